The van der Waals surface area contributed by atoms with Crippen LogP contribution in [0, 0.1) is 0 Å². The first-order valence-corrected chi connectivity index (χ1v) is 4.63. The topological polar surface area (TPSA) is 74.6 Å². The first-order chi connectivity index (χ1) is 4.48. The summed E-state index contributed by atoms with van der Waals surface area (Å²) in [6.45, 7) is 1.87. The molecular weight excluding hydrogens is 179 g/mol. The molecule has 6 heteroatoms. The summed E-state index contributed by atoms with van der Waals surface area (Å²) in [5, 5.41) is 8.68. The van der Waals surface area contributed by atoms with E-state index in [1.54, 1.807) is 0 Å². The molecule has 0 aromatic rings. The Bertz CT molecular complexity index is 177. The van der Waals surface area contributed by atoms with Crippen molar-refractivity contribution in [1.29, 1.82) is 0 Å². The molecule has 0 rings (SSSR count). The van der Waals surface area contributed by atoms with Gasteiger partial charge in [0, 0.05) is 0 Å². The number of rotatable bonds is 4. The predicted molar refractivity (Wildman–Crippen MR) is 44.2 cm³/mol. The molecule has 11 heavy (non-hydrogen) atoms. The first kappa shape index (κ1) is 14.4. The number of hydrogen-bond acceptors (Lipinski definition) is 3. The molecule has 0 aromatic carbocycles. The van der Waals surface area contributed by atoms with E-state index in [1.807, 2.05) is 6.92 Å². The van der Waals surface area contributed by atoms with E-state index in [0.29, 0.717) is 6.42 Å². The average Bonchev–Trinajstić information content (AvgIpc) is 1.80. The van der Waals surface area contributed by atoms with Crippen molar-refractivity contribution in [3.8, 4) is 0 Å². The number of aliphatic hydroxyl groups excluding tert-OH is 1. The van der Waals surface area contributed by atoms with Crippen molar-refractivity contribution in [3.63, 3.8) is 0 Å². The van der Waals surface area contributed by atoms with Crippen LogP contribution in [0.25, 0.3) is 0 Å². The normalized spacial score (nSPS) is 13.7. The molecule has 0 radical (unpaired) electrons. The van der Waals surface area contributed by atoms with Gasteiger partial charge >= 0.3 is 29.6 Å². The van der Waals surface area contributed by atoms with Gasteiger partial charge in [-0.2, -0.15) is 8.42 Å². The number of aliphatic hydroxyl groups is 1. The van der Waals surface area contributed by atoms with Crippen molar-refractivity contribution in [2.45, 2.75) is 31.6 Å². The molecule has 0 spiro atoms. The van der Waals surface area contributed by atoms with Crippen molar-refractivity contribution < 1.29 is 18.1 Å². The predicted octanol–water partition coefficient (Wildman–Crippen LogP) is -0.266. The molecular formula is C5H13NaO4S. The maximum atomic E-state index is 10.1. The van der Waals surface area contributed by atoms with Gasteiger partial charge in [0.25, 0.3) is 10.1 Å². The Balaban J connectivity index is 0. The van der Waals surface area contributed by atoms with Crippen molar-refractivity contribution in [2.24, 2.45) is 0 Å². The fourth-order valence-corrected chi connectivity index (χ4v) is 0.992. The minimum absolute atomic E-state index is 0. The Morgan fingerprint density at radius 3 is 2.18 bits per heavy atom. The van der Waals surface area contributed by atoms with Crippen molar-refractivity contribution in [2.75, 3.05) is 0 Å². The van der Waals surface area contributed by atoms with Crippen LogP contribution in [0.4, 0.5) is 0 Å². The zero-order valence-corrected chi connectivity index (χ0v) is 6.63. The van der Waals surface area contributed by atoms with Crippen LogP contribution in [0.1, 0.15) is 26.2 Å². The third kappa shape index (κ3) is 7.24. The minimum atomic E-state index is -4.22. The molecule has 0 amide bonds. The van der Waals surface area contributed by atoms with Gasteiger partial charge in [0.05, 0.1) is 0 Å². The third-order valence-electron chi connectivity index (χ3n) is 1.15. The summed E-state index contributed by atoms with van der Waals surface area (Å²) in [7, 11) is -4.22. The summed E-state index contributed by atoms with van der Waals surface area (Å²) in [5.74, 6) is 0. The van der Waals surface area contributed by atoms with E-state index in [1.165, 1.54) is 0 Å². The van der Waals surface area contributed by atoms with Crippen LogP contribution in [0.2, 0.25) is 0 Å². The van der Waals surface area contributed by atoms with E-state index in [-0.39, 0.29) is 36.0 Å². The Hall–Kier alpha value is 0.870. The van der Waals surface area contributed by atoms with Gasteiger partial charge in [-0.3, -0.25) is 4.55 Å². The third-order valence-corrected chi connectivity index (χ3v) is 2.07. The molecule has 0 saturated carbocycles. The summed E-state index contributed by atoms with van der Waals surface area (Å²) < 4.78 is 28.5. The molecule has 1 unspecified atom stereocenters. The van der Waals surface area contributed by atoms with Gasteiger partial charge in [-0.05, 0) is 12.8 Å². The van der Waals surface area contributed by atoms with Crippen molar-refractivity contribution in [3.05, 3.63) is 0 Å². The quantitative estimate of drug-likeness (QED) is 0.475. The van der Waals surface area contributed by atoms with Gasteiger partial charge in [-0.1, -0.05) is 13.3 Å². The van der Waals surface area contributed by atoms with E-state index in [2.05, 4.69) is 0 Å². The van der Waals surface area contributed by atoms with Gasteiger partial charge in [0.1, 0.15) is 0 Å². The van der Waals surface area contributed by atoms with Crippen LogP contribution in [-0.4, -0.2) is 53.1 Å². The fraction of sp³-hybridized carbons (Fsp3) is 1.00. The van der Waals surface area contributed by atoms with E-state index in [9.17, 15) is 8.42 Å². The molecule has 0 aliphatic heterocycles. The molecule has 0 fully saturated rings. The van der Waals surface area contributed by atoms with Gasteiger partial charge in [-0.25, -0.2) is 0 Å². The molecule has 0 aliphatic rings. The van der Waals surface area contributed by atoms with Crippen LogP contribution in [-0.2, 0) is 10.1 Å². The Labute approximate surface area is 89.0 Å². The molecule has 0 aliphatic carbocycles. The number of unbranched alkanes of at least 4 members (excludes halogenated alkanes) is 1. The van der Waals surface area contributed by atoms with Crippen LogP contribution in [0.5, 0.6) is 0 Å². The standard InChI is InChI=1S/C5H12O4S.Na.H/c1-2-3-4-5(6)10(7,8)9;;/h5-6H,2-4H2,1H3,(H,7,8,9);;. The van der Waals surface area contributed by atoms with Crippen LogP contribution in [0.3, 0.4) is 0 Å². The Kier molecular flexibility index (Phi) is 8.37. The second-order valence-corrected chi connectivity index (χ2v) is 3.69. The summed E-state index contributed by atoms with van der Waals surface area (Å²) in [5.41, 5.74) is -1.60. The number of hydrogen-bond donors (Lipinski definition) is 2. The van der Waals surface area contributed by atoms with E-state index < -0.39 is 15.6 Å². The van der Waals surface area contributed by atoms with Crippen LogP contribution >= 0.6 is 0 Å². The molecule has 64 valence electrons. The summed E-state index contributed by atoms with van der Waals surface area (Å²) in [6.07, 6.45) is 1.50. The maximum absolute atomic E-state index is 10.1. The monoisotopic (exact) mass is 192 g/mol. The van der Waals surface area contributed by atoms with Crippen LogP contribution in [0.15, 0.2) is 0 Å². The summed E-state index contributed by atoms with van der Waals surface area (Å²) >= 11 is 0. The van der Waals surface area contributed by atoms with E-state index in [4.69, 9.17) is 9.66 Å². The molecule has 1 atom stereocenters. The molecule has 0 saturated heterocycles. The molecule has 0 bridgehead atoms. The second-order valence-electron chi connectivity index (χ2n) is 2.11. The van der Waals surface area contributed by atoms with Gasteiger partial charge in [-0.15, -0.1) is 0 Å². The van der Waals surface area contributed by atoms with Gasteiger partial charge < -0.3 is 5.11 Å². The average molecular weight is 192 g/mol. The molecule has 0 aromatic heterocycles. The van der Waals surface area contributed by atoms with Gasteiger partial charge in [0.2, 0.25) is 0 Å². The van der Waals surface area contributed by atoms with Crippen LogP contribution < -0.4 is 0 Å². The van der Waals surface area contributed by atoms with E-state index in [0.717, 1.165) is 6.42 Å². The summed E-state index contributed by atoms with van der Waals surface area (Å²) in [6, 6.07) is 0. The van der Waals surface area contributed by atoms with Crippen molar-refractivity contribution >= 4 is 39.7 Å². The fourth-order valence-electron chi connectivity index (χ4n) is 0.528. The Morgan fingerprint density at radius 1 is 1.45 bits per heavy atom. The first-order valence-electron chi connectivity index (χ1n) is 3.13. The van der Waals surface area contributed by atoms with Crippen molar-refractivity contribution in [1.82, 2.24) is 0 Å². The zero-order valence-electron chi connectivity index (χ0n) is 5.82. The molecule has 0 heterocycles. The summed E-state index contributed by atoms with van der Waals surface area (Å²) in [4.78, 5) is 0. The molecule has 4 nitrogen and oxygen atoms in total. The Morgan fingerprint density at radius 2 is 1.91 bits per heavy atom. The SMILES string of the molecule is CCCCC(O)S(=O)(=O)O.[NaH]. The molecule has 2 N–H and O–H groups in total. The van der Waals surface area contributed by atoms with E-state index >= 15 is 0 Å². The van der Waals surface area contributed by atoms with Gasteiger partial charge in [0.15, 0.2) is 5.44 Å². The zero-order chi connectivity index (χ0) is 8.20. The second kappa shape index (κ2) is 6.39.